The van der Waals surface area contributed by atoms with Crippen LogP contribution < -0.4 is 10.1 Å². The highest BCUT2D eigenvalue weighted by Crippen LogP contribution is 2.37. The lowest BCUT2D eigenvalue weighted by atomic mass is 9.92. The second-order valence-corrected chi connectivity index (χ2v) is 7.90. The van der Waals surface area contributed by atoms with Crippen molar-refractivity contribution in [2.75, 3.05) is 13.6 Å². The van der Waals surface area contributed by atoms with E-state index < -0.39 is 0 Å². The second-order valence-electron chi connectivity index (χ2n) is 7.90. The van der Waals surface area contributed by atoms with Gasteiger partial charge in [0.1, 0.15) is 11.9 Å². The van der Waals surface area contributed by atoms with Crippen molar-refractivity contribution in [1.82, 2.24) is 10.2 Å². The summed E-state index contributed by atoms with van der Waals surface area (Å²) in [6.45, 7) is 6.88. The summed E-state index contributed by atoms with van der Waals surface area (Å²) >= 11 is 0. The van der Waals surface area contributed by atoms with Crippen molar-refractivity contribution < 1.29 is 14.3 Å². The topological polar surface area (TPSA) is 58.6 Å². The Bertz CT molecular complexity index is 949. The van der Waals surface area contributed by atoms with Crippen LogP contribution in [0.15, 0.2) is 30.3 Å². The fraction of sp³-hybridized carbons (Fsp3) is 0.391. The van der Waals surface area contributed by atoms with E-state index in [2.05, 4.69) is 19.2 Å². The Morgan fingerprint density at radius 3 is 2.61 bits per heavy atom. The van der Waals surface area contributed by atoms with Crippen LogP contribution >= 0.6 is 0 Å². The summed E-state index contributed by atoms with van der Waals surface area (Å²) in [7, 11) is 1.63. The smallest absolute Gasteiger partial charge is 0.258 e. The van der Waals surface area contributed by atoms with Crippen LogP contribution in [-0.4, -0.2) is 42.5 Å². The van der Waals surface area contributed by atoms with Gasteiger partial charge in [-0.3, -0.25) is 9.59 Å². The maximum atomic E-state index is 13.1. The van der Waals surface area contributed by atoms with Crippen LogP contribution in [0.1, 0.15) is 56.3 Å². The van der Waals surface area contributed by atoms with Gasteiger partial charge in [0.15, 0.2) is 0 Å². The zero-order valence-corrected chi connectivity index (χ0v) is 16.8. The van der Waals surface area contributed by atoms with Crippen LogP contribution in [0.25, 0.3) is 0 Å². The van der Waals surface area contributed by atoms with Gasteiger partial charge in [0.2, 0.25) is 0 Å². The van der Waals surface area contributed by atoms with Gasteiger partial charge in [-0.15, -0.1) is 0 Å². The van der Waals surface area contributed by atoms with E-state index in [0.29, 0.717) is 24.1 Å². The van der Waals surface area contributed by atoms with E-state index >= 15 is 0 Å². The molecule has 28 heavy (non-hydrogen) atoms. The summed E-state index contributed by atoms with van der Waals surface area (Å²) in [5.41, 5.74) is 5.74. The first kappa shape index (κ1) is 18.5. The number of fused-ring (bicyclic) bond motifs is 3. The molecule has 2 aromatic rings. The van der Waals surface area contributed by atoms with Gasteiger partial charge in [-0.2, -0.15) is 0 Å². The predicted octanol–water partition coefficient (Wildman–Crippen LogP) is 3.25. The predicted molar refractivity (Wildman–Crippen MR) is 108 cm³/mol. The van der Waals surface area contributed by atoms with Gasteiger partial charge in [0.05, 0.1) is 12.1 Å². The van der Waals surface area contributed by atoms with E-state index in [0.717, 1.165) is 34.4 Å². The molecule has 1 N–H and O–H groups in total. The minimum absolute atomic E-state index is 0.0711. The molecule has 1 fully saturated rings. The standard InChI is InChI=1S/C23H26N2O3/c1-13-9-19-12-25(13)23(27)20-11-18(14(2)15(3)21(20)28-19)10-16-5-7-17(8-6-16)22(26)24-4/h5-8,11,13,19H,9-10,12H2,1-4H3,(H,24,26)/t13-,19+/m1/s1. The highest BCUT2D eigenvalue weighted by atomic mass is 16.5. The van der Waals surface area contributed by atoms with E-state index in [1.807, 2.05) is 42.2 Å². The molecule has 4 rings (SSSR count). The summed E-state index contributed by atoms with van der Waals surface area (Å²) in [5.74, 6) is 0.729. The van der Waals surface area contributed by atoms with Gasteiger partial charge in [-0.05, 0) is 67.6 Å². The number of carbonyl (C=O) groups is 2. The maximum absolute atomic E-state index is 13.1. The van der Waals surface area contributed by atoms with Gasteiger partial charge < -0.3 is 15.0 Å². The number of hydrogen-bond acceptors (Lipinski definition) is 3. The van der Waals surface area contributed by atoms with Crippen molar-refractivity contribution in [1.29, 1.82) is 0 Å². The monoisotopic (exact) mass is 378 g/mol. The van der Waals surface area contributed by atoms with Gasteiger partial charge in [-0.25, -0.2) is 0 Å². The normalized spacial score (nSPS) is 20.4. The summed E-state index contributed by atoms with van der Waals surface area (Å²) < 4.78 is 6.25. The van der Waals surface area contributed by atoms with E-state index in [-0.39, 0.29) is 24.0 Å². The Morgan fingerprint density at radius 1 is 1.21 bits per heavy atom. The Balaban J connectivity index is 1.69. The first-order chi connectivity index (χ1) is 13.4. The molecule has 0 unspecified atom stereocenters. The molecular formula is C23H26N2O3. The Kier molecular flexibility index (Phi) is 4.61. The molecule has 2 heterocycles. The molecule has 0 spiro atoms. The molecule has 2 aliphatic rings. The number of carbonyl (C=O) groups excluding carboxylic acids is 2. The summed E-state index contributed by atoms with van der Waals surface area (Å²) in [4.78, 5) is 26.8. The van der Waals surface area contributed by atoms with E-state index in [1.54, 1.807) is 7.05 Å². The van der Waals surface area contributed by atoms with Gasteiger partial charge in [-0.1, -0.05) is 12.1 Å². The Morgan fingerprint density at radius 2 is 1.93 bits per heavy atom. The molecule has 0 saturated carbocycles. The van der Waals surface area contributed by atoms with Crippen molar-refractivity contribution >= 4 is 11.8 Å². The van der Waals surface area contributed by atoms with Crippen LogP contribution in [0.2, 0.25) is 0 Å². The molecule has 0 aromatic heterocycles. The Hall–Kier alpha value is -2.82. The fourth-order valence-electron chi connectivity index (χ4n) is 4.27. The molecule has 2 aliphatic heterocycles. The molecule has 0 radical (unpaired) electrons. The number of rotatable bonds is 3. The lowest BCUT2D eigenvalue weighted by Crippen LogP contribution is -2.33. The summed E-state index contributed by atoms with van der Waals surface area (Å²) in [6, 6.07) is 9.82. The number of benzene rings is 2. The Labute approximate surface area is 165 Å². The SMILES string of the molecule is CNC(=O)c1ccc(Cc2cc3c(c(C)c2C)O[C@H]2C[C@@H](C)N(C2)C3=O)cc1. The highest BCUT2D eigenvalue weighted by Gasteiger charge is 2.39. The van der Waals surface area contributed by atoms with Crippen molar-refractivity contribution in [2.24, 2.45) is 0 Å². The quantitative estimate of drug-likeness (QED) is 0.892. The van der Waals surface area contributed by atoms with Gasteiger partial charge >= 0.3 is 0 Å². The molecular weight excluding hydrogens is 352 g/mol. The second kappa shape index (κ2) is 6.97. The zero-order chi connectivity index (χ0) is 20.0. The third-order valence-corrected chi connectivity index (χ3v) is 6.10. The van der Waals surface area contributed by atoms with E-state index in [9.17, 15) is 9.59 Å². The molecule has 2 aromatic carbocycles. The summed E-state index contributed by atoms with van der Waals surface area (Å²) in [5, 5.41) is 2.63. The third-order valence-electron chi connectivity index (χ3n) is 6.10. The lowest BCUT2D eigenvalue weighted by Gasteiger charge is -2.24. The molecule has 5 nitrogen and oxygen atoms in total. The highest BCUT2D eigenvalue weighted by molar-refractivity contribution is 5.99. The third kappa shape index (κ3) is 3.05. The first-order valence-electron chi connectivity index (χ1n) is 9.80. The van der Waals surface area contributed by atoms with Crippen molar-refractivity contribution in [3.63, 3.8) is 0 Å². The van der Waals surface area contributed by atoms with Crippen LogP contribution in [0.4, 0.5) is 0 Å². The van der Waals surface area contributed by atoms with Crippen molar-refractivity contribution in [3.8, 4) is 5.75 Å². The average Bonchev–Trinajstić information content (AvgIpc) is 3.00. The minimum atomic E-state index is -0.0930. The number of nitrogens with one attached hydrogen (secondary N) is 1. The van der Waals surface area contributed by atoms with E-state index in [1.165, 1.54) is 0 Å². The molecule has 5 heteroatoms. The van der Waals surface area contributed by atoms with E-state index in [4.69, 9.17) is 4.74 Å². The molecule has 2 amide bonds. The summed E-state index contributed by atoms with van der Waals surface area (Å²) in [6.07, 6.45) is 1.69. The zero-order valence-electron chi connectivity index (χ0n) is 16.8. The van der Waals surface area contributed by atoms with Gasteiger partial charge in [0, 0.05) is 25.1 Å². The minimum Gasteiger partial charge on any atom is -0.487 e. The molecule has 146 valence electrons. The molecule has 1 saturated heterocycles. The van der Waals surface area contributed by atoms with Crippen molar-refractivity contribution in [2.45, 2.75) is 45.8 Å². The maximum Gasteiger partial charge on any atom is 0.258 e. The average molecular weight is 378 g/mol. The molecule has 2 bridgehead atoms. The number of nitrogens with zero attached hydrogens (tertiary/aromatic N) is 1. The number of ether oxygens (including phenoxy) is 1. The molecule has 0 aliphatic carbocycles. The first-order valence-corrected chi connectivity index (χ1v) is 9.80. The lowest BCUT2D eigenvalue weighted by molar-refractivity contribution is 0.0748. The molecule has 2 atom stereocenters. The van der Waals surface area contributed by atoms with Crippen LogP contribution in [-0.2, 0) is 6.42 Å². The van der Waals surface area contributed by atoms with Crippen LogP contribution in [0.5, 0.6) is 5.75 Å². The fourth-order valence-corrected chi connectivity index (χ4v) is 4.27. The van der Waals surface area contributed by atoms with Crippen LogP contribution in [0.3, 0.4) is 0 Å². The number of hydrogen-bond donors (Lipinski definition) is 1. The van der Waals surface area contributed by atoms with Crippen molar-refractivity contribution in [3.05, 3.63) is 63.7 Å². The van der Waals surface area contributed by atoms with Gasteiger partial charge in [0.25, 0.3) is 11.8 Å². The number of amides is 2. The largest absolute Gasteiger partial charge is 0.487 e. The van der Waals surface area contributed by atoms with Crippen LogP contribution in [0, 0.1) is 13.8 Å².